The molecule has 3 heterocycles. The van der Waals surface area contributed by atoms with Crippen molar-refractivity contribution in [2.45, 2.75) is 5.92 Å². The Morgan fingerprint density at radius 3 is 1.98 bits per heavy atom. The van der Waals surface area contributed by atoms with Crippen LogP contribution in [0.15, 0.2) is 88.0 Å². The van der Waals surface area contributed by atoms with E-state index in [-0.39, 0.29) is 34.0 Å². The molecule has 2 amide bonds. The summed E-state index contributed by atoms with van der Waals surface area (Å²) in [6.45, 7) is -0.567. The monoisotopic (exact) mass is 574 g/mol. The van der Waals surface area contributed by atoms with Crippen molar-refractivity contribution in [1.82, 2.24) is 14.0 Å². The molecule has 0 spiro atoms. The minimum absolute atomic E-state index is 0.142. The van der Waals surface area contributed by atoms with Crippen molar-refractivity contribution in [2.75, 3.05) is 11.9 Å². The molecule has 7 rings (SSSR count). The topological polar surface area (TPSA) is 137 Å². The zero-order valence-corrected chi connectivity index (χ0v) is 22.9. The van der Waals surface area contributed by atoms with Gasteiger partial charge in [0.05, 0.1) is 22.4 Å². The maximum atomic E-state index is 13.7. The maximum absolute atomic E-state index is 13.7. The number of fused-ring (bicyclic) bond motifs is 4. The number of carbonyl (C=O) groups excluding carboxylic acids is 4. The van der Waals surface area contributed by atoms with Crippen molar-refractivity contribution in [3.05, 3.63) is 133 Å². The van der Waals surface area contributed by atoms with E-state index in [1.807, 2.05) is 6.07 Å². The number of aromatic nitrogens is 2. The summed E-state index contributed by atoms with van der Waals surface area (Å²) in [6, 6.07) is 19.7. The Hall–Kier alpha value is -5.84. The first-order valence-corrected chi connectivity index (χ1v) is 13.4. The number of anilines is 1. The SMILES string of the molecule is Cn1c2c(c(=O)n(C)c1=O)C(c1ccc(OC(=O)CN3C(=O)c4ccccc4C3=O)cc1)C1=C(N2)c2ccccc2C1=O. The number of hydrogen-bond acceptors (Lipinski definition) is 8. The summed E-state index contributed by atoms with van der Waals surface area (Å²) in [5.41, 5.74) is 2.26. The number of rotatable bonds is 4. The van der Waals surface area contributed by atoms with Crippen LogP contribution in [0.5, 0.6) is 5.75 Å². The van der Waals surface area contributed by atoms with E-state index in [0.717, 1.165) is 9.47 Å². The van der Waals surface area contributed by atoms with Crippen molar-refractivity contribution < 1.29 is 23.9 Å². The van der Waals surface area contributed by atoms with Gasteiger partial charge in [0.25, 0.3) is 17.4 Å². The molecule has 4 aromatic rings. The van der Waals surface area contributed by atoms with Gasteiger partial charge in [0.1, 0.15) is 18.1 Å². The van der Waals surface area contributed by atoms with E-state index in [1.54, 1.807) is 49.5 Å². The van der Waals surface area contributed by atoms with Crippen LogP contribution in [0.1, 0.15) is 53.7 Å². The minimum atomic E-state index is -0.820. The number of Topliss-reactive ketones (excluding diaryl/α,β-unsaturated/α-hetero) is 1. The first kappa shape index (κ1) is 26.1. The maximum Gasteiger partial charge on any atom is 0.332 e. The van der Waals surface area contributed by atoms with Crippen LogP contribution in [0, 0.1) is 0 Å². The number of imide groups is 1. The smallest absolute Gasteiger partial charge is 0.332 e. The molecular weight excluding hydrogens is 552 g/mol. The number of ketones is 1. The standard InChI is InChI=1S/C32H22N4O7/c1-34-28-25(31(41)35(2)32(34)42)23(24-26(33-28)18-7-3-4-8-19(18)27(24)38)16-11-13-17(14-12-16)43-22(37)15-36-29(39)20-9-5-6-10-21(20)30(36)40/h3-14,23,33H,15H2,1-2H3. The van der Waals surface area contributed by atoms with Gasteiger partial charge >= 0.3 is 11.7 Å². The second-order valence-corrected chi connectivity index (χ2v) is 10.5. The van der Waals surface area contributed by atoms with Crippen LogP contribution in [0.2, 0.25) is 0 Å². The van der Waals surface area contributed by atoms with Gasteiger partial charge in [0.15, 0.2) is 5.78 Å². The van der Waals surface area contributed by atoms with Gasteiger partial charge in [-0.3, -0.25) is 33.2 Å². The fourth-order valence-corrected chi connectivity index (χ4v) is 5.99. The molecule has 0 fully saturated rings. The zero-order valence-electron chi connectivity index (χ0n) is 22.9. The predicted octanol–water partition coefficient (Wildman–Crippen LogP) is 2.45. The summed E-state index contributed by atoms with van der Waals surface area (Å²) < 4.78 is 7.77. The first-order valence-electron chi connectivity index (χ1n) is 13.4. The highest BCUT2D eigenvalue weighted by Gasteiger charge is 2.43. The number of nitrogens with zero attached hydrogens (tertiary/aromatic N) is 3. The highest BCUT2D eigenvalue weighted by Crippen LogP contribution is 2.47. The number of esters is 1. The van der Waals surface area contributed by atoms with Gasteiger partial charge in [0, 0.05) is 36.7 Å². The van der Waals surface area contributed by atoms with Crippen molar-refractivity contribution in [3.63, 3.8) is 0 Å². The van der Waals surface area contributed by atoms with Gasteiger partial charge in [-0.05, 0) is 29.8 Å². The van der Waals surface area contributed by atoms with Crippen molar-refractivity contribution >= 4 is 35.1 Å². The third-order valence-electron chi connectivity index (χ3n) is 8.09. The lowest BCUT2D eigenvalue weighted by molar-refractivity contribution is -0.134. The molecule has 2 aliphatic heterocycles. The summed E-state index contributed by atoms with van der Waals surface area (Å²) in [6.07, 6.45) is 0. The molecule has 1 aliphatic carbocycles. The number of ether oxygens (including phenoxy) is 1. The third-order valence-corrected chi connectivity index (χ3v) is 8.09. The fourth-order valence-electron chi connectivity index (χ4n) is 5.99. The van der Waals surface area contributed by atoms with Crippen LogP contribution in [0.25, 0.3) is 5.70 Å². The van der Waals surface area contributed by atoms with Crippen molar-refractivity contribution in [1.29, 1.82) is 0 Å². The average molecular weight is 575 g/mol. The van der Waals surface area contributed by atoms with Gasteiger partial charge in [-0.1, -0.05) is 48.5 Å². The molecule has 212 valence electrons. The third kappa shape index (κ3) is 3.74. The quantitative estimate of drug-likeness (QED) is 0.223. The highest BCUT2D eigenvalue weighted by molar-refractivity contribution is 6.24. The van der Waals surface area contributed by atoms with Crippen LogP contribution < -0.4 is 21.3 Å². The Morgan fingerprint density at radius 1 is 0.767 bits per heavy atom. The summed E-state index contributed by atoms with van der Waals surface area (Å²) in [4.78, 5) is 78.8. The van der Waals surface area contributed by atoms with E-state index in [0.29, 0.717) is 28.0 Å². The predicted molar refractivity (Wildman–Crippen MR) is 154 cm³/mol. The lowest BCUT2D eigenvalue weighted by Crippen LogP contribution is -2.42. The summed E-state index contributed by atoms with van der Waals surface area (Å²) in [5.74, 6) is -2.58. The number of hydrogen-bond donors (Lipinski definition) is 1. The summed E-state index contributed by atoms with van der Waals surface area (Å²) >= 11 is 0. The molecule has 0 radical (unpaired) electrons. The van der Waals surface area contributed by atoms with Crippen molar-refractivity contribution in [2.24, 2.45) is 14.1 Å². The van der Waals surface area contributed by atoms with Gasteiger partial charge in [-0.2, -0.15) is 0 Å². The number of benzene rings is 3. The summed E-state index contributed by atoms with van der Waals surface area (Å²) in [5, 5.41) is 3.19. The normalized spacial score (nSPS) is 16.5. The Labute approximate surface area is 243 Å². The molecule has 3 aliphatic rings. The van der Waals surface area contributed by atoms with Crippen LogP contribution in [0.3, 0.4) is 0 Å². The number of allylic oxidation sites excluding steroid dienone is 1. The Bertz CT molecular complexity index is 2070. The lowest BCUT2D eigenvalue weighted by atomic mass is 9.81. The van der Waals surface area contributed by atoms with E-state index < -0.39 is 41.5 Å². The highest BCUT2D eigenvalue weighted by atomic mass is 16.5. The van der Waals surface area contributed by atoms with E-state index >= 15 is 0 Å². The zero-order chi connectivity index (χ0) is 30.2. The largest absolute Gasteiger partial charge is 0.425 e. The van der Waals surface area contributed by atoms with Gasteiger partial charge in [-0.25, -0.2) is 9.59 Å². The van der Waals surface area contributed by atoms with E-state index in [1.165, 1.54) is 35.9 Å². The lowest BCUT2D eigenvalue weighted by Gasteiger charge is -2.29. The molecule has 0 saturated heterocycles. The Morgan fingerprint density at radius 2 is 1.35 bits per heavy atom. The van der Waals surface area contributed by atoms with Gasteiger partial charge in [0.2, 0.25) is 0 Å². The average Bonchev–Trinajstić information content (AvgIpc) is 3.44. The van der Waals surface area contributed by atoms with E-state index in [2.05, 4.69) is 5.32 Å². The number of nitrogens with one attached hydrogen (secondary N) is 1. The van der Waals surface area contributed by atoms with Crippen LogP contribution in [0.4, 0.5) is 5.82 Å². The molecule has 3 aromatic carbocycles. The second-order valence-electron chi connectivity index (χ2n) is 10.5. The van der Waals surface area contributed by atoms with Gasteiger partial charge < -0.3 is 10.1 Å². The van der Waals surface area contributed by atoms with E-state index in [4.69, 9.17) is 4.74 Å². The first-order chi connectivity index (χ1) is 20.7. The second kappa shape index (κ2) is 9.35. The minimum Gasteiger partial charge on any atom is -0.425 e. The summed E-state index contributed by atoms with van der Waals surface area (Å²) in [7, 11) is 2.93. The molecule has 1 aromatic heterocycles. The van der Waals surface area contributed by atoms with Crippen molar-refractivity contribution in [3.8, 4) is 5.75 Å². The van der Waals surface area contributed by atoms with Crippen LogP contribution in [-0.4, -0.2) is 44.1 Å². The molecule has 11 nitrogen and oxygen atoms in total. The Kier molecular flexibility index (Phi) is 5.67. The van der Waals surface area contributed by atoms with Crippen LogP contribution in [-0.2, 0) is 18.9 Å². The Balaban J connectivity index is 1.22. The van der Waals surface area contributed by atoms with Gasteiger partial charge in [-0.15, -0.1) is 0 Å². The number of carbonyl (C=O) groups is 4. The van der Waals surface area contributed by atoms with Crippen LogP contribution >= 0.6 is 0 Å². The molecule has 0 saturated carbocycles. The molecule has 0 bridgehead atoms. The fraction of sp³-hybridized carbons (Fsp3) is 0.125. The number of amides is 2. The molecular formula is C32H22N4O7. The molecule has 1 unspecified atom stereocenters. The molecule has 43 heavy (non-hydrogen) atoms. The molecule has 1 atom stereocenters. The van der Waals surface area contributed by atoms with E-state index in [9.17, 15) is 28.8 Å². The molecule has 1 N–H and O–H groups in total. The molecule has 11 heteroatoms.